The average Bonchev–Trinajstić information content (AvgIpc) is 2.95. The minimum Gasteiger partial charge on any atom is -0.381 e. The van der Waals surface area contributed by atoms with Crippen molar-refractivity contribution in [1.29, 1.82) is 0 Å². The molecular formula is C16H26N2O3. The predicted octanol–water partition coefficient (Wildman–Crippen LogP) is 1.46. The molecule has 1 spiro atoms. The molecule has 21 heavy (non-hydrogen) atoms. The van der Waals surface area contributed by atoms with Crippen molar-refractivity contribution in [2.75, 3.05) is 19.8 Å². The molecule has 0 aromatic rings. The van der Waals surface area contributed by atoms with Crippen molar-refractivity contribution in [3.05, 3.63) is 0 Å². The van der Waals surface area contributed by atoms with Gasteiger partial charge in [-0.1, -0.05) is 19.8 Å². The van der Waals surface area contributed by atoms with E-state index >= 15 is 0 Å². The van der Waals surface area contributed by atoms with Gasteiger partial charge in [0.05, 0.1) is 6.61 Å². The van der Waals surface area contributed by atoms with E-state index in [0.29, 0.717) is 18.9 Å². The van der Waals surface area contributed by atoms with Gasteiger partial charge in [0, 0.05) is 13.2 Å². The summed E-state index contributed by atoms with van der Waals surface area (Å²) in [5, 5.41) is 3.05. The molecule has 118 valence electrons. The quantitative estimate of drug-likeness (QED) is 0.857. The van der Waals surface area contributed by atoms with Crippen LogP contribution in [0.2, 0.25) is 0 Å². The van der Waals surface area contributed by atoms with Crippen molar-refractivity contribution in [3.8, 4) is 0 Å². The molecule has 2 atom stereocenters. The number of hydrogen-bond acceptors (Lipinski definition) is 3. The van der Waals surface area contributed by atoms with E-state index in [4.69, 9.17) is 4.74 Å². The van der Waals surface area contributed by atoms with E-state index in [-0.39, 0.29) is 17.9 Å². The lowest BCUT2D eigenvalue weighted by Crippen LogP contribution is -2.69. The Hall–Kier alpha value is -1.10. The third-order valence-electron chi connectivity index (χ3n) is 5.26. The van der Waals surface area contributed by atoms with Gasteiger partial charge in [0.25, 0.3) is 0 Å². The summed E-state index contributed by atoms with van der Waals surface area (Å²) in [7, 11) is 0. The fourth-order valence-corrected chi connectivity index (χ4v) is 4.09. The fourth-order valence-electron chi connectivity index (χ4n) is 4.09. The van der Waals surface area contributed by atoms with E-state index in [1.807, 2.05) is 11.8 Å². The molecule has 5 nitrogen and oxygen atoms in total. The molecule has 1 aliphatic carbocycles. The molecule has 2 amide bonds. The lowest BCUT2D eigenvalue weighted by molar-refractivity contribution is -0.156. The van der Waals surface area contributed by atoms with Crippen LogP contribution in [0.1, 0.15) is 51.9 Å². The second kappa shape index (κ2) is 5.95. The van der Waals surface area contributed by atoms with Gasteiger partial charge in [-0.15, -0.1) is 0 Å². The molecule has 2 unspecified atom stereocenters. The van der Waals surface area contributed by atoms with Crippen LogP contribution >= 0.6 is 0 Å². The maximum atomic E-state index is 13.0. The molecule has 0 bridgehead atoms. The number of piperazine rings is 1. The molecule has 2 saturated heterocycles. The second-order valence-corrected chi connectivity index (χ2v) is 6.74. The first-order valence-corrected chi connectivity index (χ1v) is 8.37. The van der Waals surface area contributed by atoms with Crippen LogP contribution in [0, 0.1) is 5.92 Å². The van der Waals surface area contributed by atoms with Gasteiger partial charge in [0.15, 0.2) is 0 Å². The number of nitrogens with zero attached hydrogens (tertiary/aromatic N) is 1. The van der Waals surface area contributed by atoms with Crippen molar-refractivity contribution >= 4 is 11.8 Å². The van der Waals surface area contributed by atoms with Gasteiger partial charge in [0.1, 0.15) is 11.6 Å². The summed E-state index contributed by atoms with van der Waals surface area (Å²) in [6.45, 7) is 4.20. The van der Waals surface area contributed by atoms with Crippen molar-refractivity contribution in [2.24, 2.45) is 5.92 Å². The fraction of sp³-hybridized carbons (Fsp3) is 0.875. The molecule has 5 heteroatoms. The summed E-state index contributed by atoms with van der Waals surface area (Å²) in [6.07, 6.45) is 6.49. The normalized spacial score (nSPS) is 32.5. The first-order valence-electron chi connectivity index (χ1n) is 8.37. The van der Waals surface area contributed by atoms with Crippen molar-refractivity contribution < 1.29 is 14.3 Å². The van der Waals surface area contributed by atoms with Crippen LogP contribution in [0.25, 0.3) is 0 Å². The number of carbonyl (C=O) groups is 2. The molecule has 1 saturated carbocycles. The van der Waals surface area contributed by atoms with E-state index in [1.54, 1.807) is 0 Å². The van der Waals surface area contributed by atoms with Crippen LogP contribution < -0.4 is 5.32 Å². The number of rotatable bonds is 3. The number of carbonyl (C=O) groups excluding carboxylic acids is 2. The highest BCUT2D eigenvalue weighted by Gasteiger charge is 2.51. The SMILES string of the molecule is CCC1C(=O)NC2(CCCC2)C(=O)N1CC1CCCOC1. The van der Waals surface area contributed by atoms with Gasteiger partial charge in [-0.25, -0.2) is 0 Å². The average molecular weight is 294 g/mol. The number of hydrogen-bond donors (Lipinski definition) is 1. The standard InChI is InChI=1S/C16H26N2O3/c1-2-13-14(19)17-16(7-3-4-8-16)15(20)18(13)10-12-6-5-9-21-11-12/h12-13H,2-11H2,1H3,(H,17,19). The Kier molecular flexibility index (Phi) is 4.20. The molecule has 0 aromatic heterocycles. The lowest BCUT2D eigenvalue weighted by Gasteiger charge is -2.45. The largest absolute Gasteiger partial charge is 0.381 e. The van der Waals surface area contributed by atoms with Gasteiger partial charge in [-0.2, -0.15) is 0 Å². The molecule has 3 aliphatic rings. The van der Waals surface area contributed by atoms with Crippen LogP contribution in [0.4, 0.5) is 0 Å². The minimum absolute atomic E-state index is 0.0377. The molecule has 0 aromatic carbocycles. The number of amides is 2. The monoisotopic (exact) mass is 294 g/mol. The summed E-state index contributed by atoms with van der Waals surface area (Å²) < 4.78 is 5.53. The highest BCUT2D eigenvalue weighted by molar-refractivity contribution is 6.00. The van der Waals surface area contributed by atoms with E-state index < -0.39 is 5.54 Å². The summed E-state index contributed by atoms with van der Waals surface area (Å²) in [6, 6.07) is -0.300. The van der Waals surface area contributed by atoms with E-state index in [9.17, 15) is 9.59 Å². The first kappa shape index (κ1) is 14.8. The second-order valence-electron chi connectivity index (χ2n) is 6.74. The van der Waals surface area contributed by atoms with Gasteiger partial charge in [-0.3, -0.25) is 9.59 Å². The number of nitrogens with one attached hydrogen (secondary N) is 1. The third kappa shape index (κ3) is 2.68. The zero-order valence-electron chi connectivity index (χ0n) is 12.9. The number of ether oxygens (including phenoxy) is 1. The van der Waals surface area contributed by atoms with E-state index in [2.05, 4.69) is 5.32 Å². The smallest absolute Gasteiger partial charge is 0.249 e. The van der Waals surface area contributed by atoms with Gasteiger partial charge in [-0.05, 0) is 38.0 Å². The van der Waals surface area contributed by atoms with Crippen LogP contribution in [0.5, 0.6) is 0 Å². The van der Waals surface area contributed by atoms with Crippen molar-refractivity contribution in [1.82, 2.24) is 10.2 Å². The van der Waals surface area contributed by atoms with Gasteiger partial charge in [0.2, 0.25) is 11.8 Å². The Morgan fingerprint density at radius 3 is 2.67 bits per heavy atom. The summed E-state index contributed by atoms with van der Waals surface area (Å²) in [4.78, 5) is 27.3. The highest BCUT2D eigenvalue weighted by atomic mass is 16.5. The molecule has 0 radical (unpaired) electrons. The zero-order chi connectivity index (χ0) is 14.9. The Morgan fingerprint density at radius 2 is 2.05 bits per heavy atom. The lowest BCUT2D eigenvalue weighted by atomic mass is 9.88. The maximum absolute atomic E-state index is 13.0. The molecular weight excluding hydrogens is 268 g/mol. The van der Waals surface area contributed by atoms with E-state index in [0.717, 1.165) is 51.7 Å². The highest BCUT2D eigenvalue weighted by Crippen LogP contribution is 2.35. The first-order chi connectivity index (χ1) is 10.2. The molecule has 2 heterocycles. The Labute approximate surface area is 126 Å². The van der Waals surface area contributed by atoms with Gasteiger partial charge >= 0.3 is 0 Å². The Morgan fingerprint density at radius 1 is 1.29 bits per heavy atom. The van der Waals surface area contributed by atoms with Gasteiger partial charge < -0.3 is 15.0 Å². The molecule has 3 rings (SSSR count). The van der Waals surface area contributed by atoms with E-state index in [1.165, 1.54) is 0 Å². The Bertz CT molecular complexity index is 412. The Balaban J connectivity index is 1.78. The van der Waals surface area contributed by atoms with Crippen LogP contribution in [-0.2, 0) is 14.3 Å². The summed E-state index contributed by atoms with van der Waals surface area (Å²) >= 11 is 0. The van der Waals surface area contributed by atoms with Crippen molar-refractivity contribution in [3.63, 3.8) is 0 Å². The molecule has 3 fully saturated rings. The van der Waals surface area contributed by atoms with Crippen LogP contribution in [0.15, 0.2) is 0 Å². The van der Waals surface area contributed by atoms with Crippen LogP contribution in [-0.4, -0.2) is 48.1 Å². The third-order valence-corrected chi connectivity index (χ3v) is 5.26. The summed E-state index contributed by atoms with van der Waals surface area (Å²) in [5.41, 5.74) is -0.599. The summed E-state index contributed by atoms with van der Waals surface area (Å²) in [5.74, 6) is 0.564. The maximum Gasteiger partial charge on any atom is 0.249 e. The predicted molar refractivity (Wildman–Crippen MR) is 78.7 cm³/mol. The molecule has 2 aliphatic heterocycles. The topological polar surface area (TPSA) is 58.6 Å². The minimum atomic E-state index is -0.599. The zero-order valence-corrected chi connectivity index (χ0v) is 12.9. The molecule has 1 N–H and O–H groups in total. The van der Waals surface area contributed by atoms with Crippen LogP contribution in [0.3, 0.4) is 0 Å². The van der Waals surface area contributed by atoms with Crippen molar-refractivity contribution in [2.45, 2.75) is 63.5 Å².